The van der Waals surface area contributed by atoms with E-state index >= 15 is 0 Å². The number of halogens is 13. The van der Waals surface area contributed by atoms with E-state index in [-0.39, 0.29) is 0 Å². The molecule has 0 bridgehead atoms. The molecule has 0 radical (unpaired) electrons. The molecular formula is C8H5F13O3S. The molecular weight excluding hydrogens is 423 g/mol. The van der Waals surface area contributed by atoms with Gasteiger partial charge >= 0.3 is 35.8 Å². The predicted molar refractivity (Wildman–Crippen MR) is 51.7 cm³/mol. The Kier molecular flexibility index (Phi) is 6.36. The van der Waals surface area contributed by atoms with Crippen molar-refractivity contribution in [2.24, 2.45) is 0 Å². The molecule has 0 heterocycles. The van der Waals surface area contributed by atoms with Crippen molar-refractivity contribution in [3.05, 3.63) is 0 Å². The van der Waals surface area contributed by atoms with Gasteiger partial charge in [-0.3, -0.25) is 4.18 Å². The Morgan fingerprint density at radius 3 is 1.28 bits per heavy atom. The molecule has 0 spiro atoms. The van der Waals surface area contributed by atoms with Crippen molar-refractivity contribution in [3.63, 3.8) is 0 Å². The van der Waals surface area contributed by atoms with Gasteiger partial charge in [-0.2, -0.15) is 57.1 Å². The normalized spacial score (nSPS) is 15.8. The van der Waals surface area contributed by atoms with Gasteiger partial charge in [-0.05, 0) is 0 Å². The first-order valence-corrected chi connectivity index (χ1v) is 6.49. The van der Waals surface area contributed by atoms with E-state index in [2.05, 4.69) is 4.18 Å². The van der Waals surface area contributed by atoms with Crippen LogP contribution in [0.15, 0.2) is 0 Å². The average molecular weight is 428 g/mol. The van der Waals surface area contributed by atoms with Gasteiger partial charge < -0.3 is 0 Å². The molecule has 0 aliphatic rings. The number of thiol groups is 1. The van der Waals surface area contributed by atoms with Gasteiger partial charge in [0.2, 0.25) is 0 Å². The Hall–Kier alpha value is -1.00. The Balaban J connectivity index is 5.94. The van der Waals surface area contributed by atoms with E-state index in [4.69, 9.17) is 0 Å². The number of rotatable bonds is 8. The van der Waals surface area contributed by atoms with Gasteiger partial charge in [-0.15, -0.1) is 0 Å². The second kappa shape index (κ2) is 6.62. The van der Waals surface area contributed by atoms with Crippen LogP contribution in [-0.4, -0.2) is 50.8 Å². The van der Waals surface area contributed by atoms with Gasteiger partial charge in [0.1, 0.15) is 0 Å². The van der Waals surface area contributed by atoms with Crippen LogP contribution in [0.5, 0.6) is 0 Å². The molecule has 0 saturated heterocycles. The maximum Gasteiger partial charge on any atom is 0.460 e. The summed E-state index contributed by atoms with van der Waals surface area (Å²) in [7, 11) is -3.96. The monoisotopic (exact) mass is 428 g/mol. The minimum Gasteiger partial charge on any atom is -0.272 e. The van der Waals surface area contributed by atoms with Gasteiger partial charge in [0.25, 0.3) is 11.0 Å². The molecule has 0 unspecified atom stereocenters. The highest BCUT2D eigenvalue weighted by molar-refractivity contribution is 7.67. The lowest BCUT2D eigenvalue weighted by molar-refractivity contribution is -0.440. The molecule has 0 aliphatic heterocycles. The zero-order valence-corrected chi connectivity index (χ0v) is 11.9. The molecule has 25 heavy (non-hydrogen) atoms. The quantitative estimate of drug-likeness (QED) is 0.474. The van der Waals surface area contributed by atoms with Crippen LogP contribution in [0.2, 0.25) is 0 Å². The summed E-state index contributed by atoms with van der Waals surface area (Å²) < 4.78 is 187. The molecule has 0 aromatic carbocycles. The molecule has 0 aromatic heterocycles. The SMILES string of the molecule is O=[SH](=O)OCCC(F)(F)C(F)(F)C(F)(F)C(F)(F)C(F)(F)C(F)(F)F. The van der Waals surface area contributed by atoms with Crippen molar-refractivity contribution in [2.75, 3.05) is 6.61 Å². The average Bonchev–Trinajstić information content (AvgIpc) is 2.35. The predicted octanol–water partition coefficient (Wildman–Crippen LogP) is 3.66. The number of alkyl halides is 13. The topological polar surface area (TPSA) is 43.4 Å². The number of hydrogen-bond donors (Lipinski definition) is 1. The van der Waals surface area contributed by atoms with Crippen LogP contribution in [-0.2, 0) is 15.2 Å². The van der Waals surface area contributed by atoms with E-state index in [1.54, 1.807) is 0 Å². The smallest absolute Gasteiger partial charge is 0.272 e. The molecule has 0 aliphatic carbocycles. The van der Waals surface area contributed by atoms with Crippen LogP contribution >= 0.6 is 0 Å². The van der Waals surface area contributed by atoms with Crippen LogP contribution in [0, 0.1) is 0 Å². The Labute approximate surface area is 130 Å². The molecule has 17 heteroatoms. The first-order valence-electron chi connectivity index (χ1n) is 5.40. The Bertz CT molecular complexity index is 542. The Morgan fingerprint density at radius 2 is 0.960 bits per heavy atom. The van der Waals surface area contributed by atoms with E-state index < -0.39 is 59.8 Å². The summed E-state index contributed by atoms with van der Waals surface area (Å²) in [6.07, 6.45) is -10.2. The fourth-order valence-electron chi connectivity index (χ4n) is 1.21. The first kappa shape index (κ1) is 24.0. The third kappa shape index (κ3) is 3.90. The largest absolute Gasteiger partial charge is 0.460 e. The van der Waals surface area contributed by atoms with E-state index in [0.717, 1.165) is 0 Å². The minimum absolute atomic E-state index is 1.97. The molecule has 0 saturated carbocycles. The van der Waals surface area contributed by atoms with Crippen molar-refractivity contribution < 1.29 is 69.7 Å². The van der Waals surface area contributed by atoms with Gasteiger partial charge in [0, 0.05) is 6.42 Å². The van der Waals surface area contributed by atoms with Crippen LogP contribution in [0.25, 0.3) is 0 Å². The third-order valence-corrected chi connectivity index (χ3v) is 3.00. The first-order chi connectivity index (χ1) is 10.7. The fraction of sp³-hybridized carbons (Fsp3) is 1.00. The molecule has 0 atom stereocenters. The summed E-state index contributed by atoms with van der Waals surface area (Å²) in [5, 5.41) is 0. The summed E-state index contributed by atoms with van der Waals surface area (Å²) in [5.41, 5.74) is 0. The zero-order valence-electron chi connectivity index (χ0n) is 11.0. The van der Waals surface area contributed by atoms with Crippen molar-refractivity contribution in [2.45, 2.75) is 42.2 Å². The maximum absolute atomic E-state index is 13.0. The van der Waals surface area contributed by atoms with Crippen molar-refractivity contribution in [3.8, 4) is 0 Å². The van der Waals surface area contributed by atoms with Gasteiger partial charge in [-0.25, -0.2) is 8.42 Å². The summed E-state index contributed by atoms with van der Waals surface area (Å²) in [6.45, 7) is -1.97. The maximum atomic E-state index is 13.0. The third-order valence-electron chi connectivity index (χ3n) is 2.61. The summed E-state index contributed by atoms with van der Waals surface area (Å²) in [5.74, 6) is -37.4. The molecule has 0 amide bonds. The zero-order chi connectivity index (χ0) is 20.7. The lowest BCUT2D eigenvalue weighted by atomic mass is 9.93. The van der Waals surface area contributed by atoms with Gasteiger partial charge in [-0.1, -0.05) is 0 Å². The van der Waals surface area contributed by atoms with Crippen LogP contribution in [0.1, 0.15) is 6.42 Å². The van der Waals surface area contributed by atoms with Crippen molar-refractivity contribution >= 4 is 11.0 Å². The van der Waals surface area contributed by atoms with Crippen molar-refractivity contribution in [1.82, 2.24) is 0 Å². The molecule has 3 nitrogen and oxygen atoms in total. The highest BCUT2D eigenvalue weighted by Gasteiger charge is 2.90. The van der Waals surface area contributed by atoms with Crippen molar-refractivity contribution in [1.29, 1.82) is 0 Å². The Morgan fingerprint density at radius 1 is 0.600 bits per heavy atom. The molecule has 0 fully saturated rings. The minimum atomic E-state index is -7.98. The highest BCUT2D eigenvalue weighted by atomic mass is 32.2. The van der Waals surface area contributed by atoms with E-state index in [9.17, 15) is 65.5 Å². The van der Waals surface area contributed by atoms with Crippen LogP contribution < -0.4 is 0 Å². The second-order valence-electron chi connectivity index (χ2n) is 4.31. The molecule has 0 aromatic rings. The molecule has 0 N–H and O–H groups in total. The molecule has 152 valence electrons. The summed E-state index contributed by atoms with van der Waals surface area (Å²) in [6, 6.07) is 0. The standard InChI is InChI=1S/C8H5F13O3S/c9-3(10,1-2-24-25(22)23)4(11,12)5(13,14)6(15,16)7(17,18)8(19,20)21/h25H,1-2H2. The molecule has 0 rings (SSSR count). The summed E-state index contributed by atoms with van der Waals surface area (Å²) in [4.78, 5) is 0. The van der Waals surface area contributed by atoms with E-state index in [1.807, 2.05) is 0 Å². The lowest BCUT2D eigenvalue weighted by Gasteiger charge is -2.39. The second-order valence-corrected chi connectivity index (χ2v) is 5.01. The van der Waals surface area contributed by atoms with Gasteiger partial charge in [0.15, 0.2) is 0 Å². The van der Waals surface area contributed by atoms with E-state index in [1.165, 1.54) is 0 Å². The fourth-order valence-corrected chi connectivity index (χ4v) is 1.45. The highest BCUT2D eigenvalue weighted by Crippen LogP contribution is 2.60. The van der Waals surface area contributed by atoms with Crippen LogP contribution in [0.3, 0.4) is 0 Å². The summed E-state index contributed by atoms with van der Waals surface area (Å²) >= 11 is 0. The van der Waals surface area contributed by atoms with Gasteiger partial charge in [0.05, 0.1) is 6.61 Å². The lowest BCUT2D eigenvalue weighted by Crippen LogP contribution is -2.70. The van der Waals surface area contributed by atoms with Crippen LogP contribution in [0.4, 0.5) is 57.1 Å². The number of hydrogen-bond acceptors (Lipinski definition) is 3. The van der Waals surface area contributed by atoms with E-state index in [0.29, 0.717) is 0 Å².